The maximum Gasteiger partial charge on any atom is 0.173 e. The Kier molecular flexibility index (Phi) is 8.38. The molecule has 0 aliphatic heterocycles. The minimum absolute atomic E-state index is 0.516. The Labute approximate surface area is 220 Å². The Morgan fingerprint density at radius 1 is 1.03 bits per heavy atom. The number of aromatic nitrogens is 2. The molecule has 0 saturated heterocycles. The van der Waals surface area contributed by atoms with Crippen molar-refractivity contribution in [2.75, 3.05) is 11.9 Å². The van der Waals surface area contributed by atoms with Crippen LogP contribution < -0.4 is 5.32 Å². The van der Waals surface area contributed by atoms with Crippen molar-refractivity contribution in [2.24, 2.45) is 0 Å². The molecule has 0 radical (unpaired) electrons. The molecular weight excluding hydrogens is 497 g/mol. The van der Waals surface area contributed by atoms with Crippen LogP contribution in [0.4, 0.5) is 5.69 Å². The molecule has 0 bridgehead atoms. The largest absolute Gasteiger partial charge is 0.344 e. The Balaban J connectivity index is 1.50. The maximum absolute atomic E-state index is 9.03. The molecule has 0 aliphatic carbocycles. The van der Waals surface area contributed by atoms with E-state index in [1.807, 2.05) is 79.3 Å². The van der Waals surface area contributed by atoms with Crippen molar-refractivity contribution in [1.82, 2.24) is 14.5 Å². The standard InChI is InChI=1S/C27H23Cl2N5S/c28-25-8-4-5-22(26(25)29)18-33(27(35)32-23-6-2-1-3-7-23)14-13-24-16-31-19-34(24)17-21-11-9-20(15-30)10-12-21/h1-12,16,19H,13-14,17-18H2,(H,32,35). The lowest BCUT2D eigenvalue weighted by molar-refractivity contribution is 0.418. The predicted molar refractivity (Wildman–Crippen MR) is 146 cm³/mol. The quantitative estimate of drug-likeness (QED) is 0.267. The summed E-state index contributed by atoms with van der Waals surface area (Å²) in [6.07, 6.45) is 4.43. The Morgan fingerprint density at radius 3 is 2.54 bits per heavy atom. The third-order valence-electron chi connectivity index (χ3n) is 5.58. The van der Waals surface area contributed by atoms with Gasteiger partial charge in [0.15, 0.2) is 5.11 Å². The number of nitrogens with zero attached hydrogens (tertiary/aromatic N) is 4. The Hall–Kier alpha value is -3.37. The molecule has 0 fully saturated rings. The fraction of sp³-hybridized carbons (Fsp3) is 0.148. The highest BCUT2D eigenvalue weighted by Gasteiger charge is 2.15. The second-order valence-electron chi connectivity index (χ2n) is 8.00. The van der Waals surface area contributed by atoms with E-state index in [0.717, 1.165) is 28.9 Å². The summed E-state index contributed by atoms with van der Waals surface area (Å²) in [5.74, 6) is 0. The summed E-state index contributed by atoms with van der Waals surface area (Å²) in [5.41, 5.74) is 4.66. The highest BCUT2D eigenvalue weighted by Crippen LogP contribution is 2.27. The monoisotopic (exact) mass is 519 g/mol. The van der Waals surface area contributed by atoms with Crippen LogP contribution in [0.1, 0.15) is 22.4 Å². The van der Waals surface area contributed by atoms with Gasteiger partial charge in [-0.25, -0.2) is 4.98 Å². The van der Waals surface area contributed by atoms with E-state index in [1.54, 1.807) is 6.07 Å². The van der Waals surface area contributed by atoms with Gasteiger partial charge in [-0.1, -0.05) is 65.7 Å². The molecule has 4 aromatic rings. The van der Waals surface area contributed by atoms with Crippen molar-refractivity contribution < 1.29 is 0 Å². The lowest BCUT2D eigenvalue weighted by atomic mass is 10.1. The van der Waals surface area contributed by atoms with E-state index in [4.69, 9.17) is 40.7 Å². The third kappa shape index (κ3) is 6.61. The third-order valence-corrected chi connectivity index (χ3v) is 6.80. The van der Waals surface area contributed by atoms with Crippen LogP contribution >= 0.6 is 35.4 Å². The first-order valence-electron chi connectivity index (χ1n) is 11.1. The molecule has 1 heterocycles. The molecule has 176 valence electrons. The Bertz CT molecular complexity index is 1330. The molecule has 35 heavy (non-hydrogen) atoms. The van der Waals surface area contributed by atoms with Crippen LogP contribution in [0.3, 0.4) is 0 Å². The van der Waals surface area contributed by atoms with Crippen molar-refractivity contribution in [3.63, 3.8) is 0 Å². The first-order chi connectivity index (χ1) is 17.0. The molecule has 4 rings (SSSR count). The number of rotatable bonds is 8. The van der Waals surface area contributed by atoms with Gasteiger partial charge in [-0.05, 0) is 53.7 Å². The first kappa shape index (κ1) is 24.7. The normalized spacial score (nSPS) is 10.5. The molecule has 0 spiro atoms. The van der Waals surface area contributed by atoms with Crippen molar-refractivity contribution in [3.05, 3.63) is 118 Å². The number of thiocarbonyl (C=S) groups is 1. The van der Waals surface area contributed by atoms with Gasteiger partial charge < -0.3 is 14.8 Å². The number of nitrogens with one attached hydrogen (secondary N) is 1. The van der Waals surface area contributed by atoms with Crippen LogP contribution in [0.25, 0.3) is 0 Å². The molecule has 0 saturated carbocycles. The summed E-state index contributed by atoms with van der Waals surface area (Å²) < 4.78 is 2.11. The fourth-order valence-corrected chi connectivity index (χ4v) is 4.34. The van der Waals surface area contributed by atoms with Gasteiger partial charge in [0.05, 0.1) is 28.0 Å². The smallest absolute Gasteiger partial charge is 0.173 e. The molecule has 8 heteroatoms. The summed E-state index contributed by atoms with van der Waals surface area (Å²) in [7, 11) is 0. The molecular formula is C27H23Cl2N5S. The number of halogens is 2. The van der Waals surface area contributed by atoms with E-state index in [0.29, 0.717) is 40.4 Å². The molecule has 0 atom stereocenters. The van der Waals surface area contributed by atoms with Gasteiger partial charge in [0.1, 0.15) is 0 Å². The lowest BCUT2D eigenvalue weighted by Crippen LogP contribution is -2.36. The van der Waals surface area contributed by atoms with Crippen molar-refractivity contribution in [2.45, 2.75) is 19.5 Å². The van der Waals surface area contributed by atoms with Gasteiger partial charge in [0, 0.05) is 43.6 Å². The number of imidazole rings is 1. The fourth-order valence-electron chi connectivity index (χ4n) is 3.68. The van der Waals surface area contributed by atoms with Gasteiger partial charge in [-0.2, -0.15) is 5.26 Å². The van der Waals surface area contributed by atoms with E-state index in [2.05, 4.69) is 25.8 Å². The topological polar surface area (TPSA) is 56.9 Å². The molecule has 3 aromatic carbocycles. The summed E-state index contributed by atoms with van der Waals surface area (Å²) in [6, 6.07) is 25.2. The number of para-hydroxylation sites is 1. The van der Waals surface area contributed by atoms with Crippen LogP contribution in [-0.2, 0) is 19.5 Å². The second kappa shape index (κ2) is 11.9. The summed E-state index contributed by atoms with van der Waals surface area (Å²) in [6.45, 7) is 1.84. The molecule has 0 aliphatic rings. The molecule has 1 aromatic heterocycles. The number of nitriles is 1. The zero-order valence-corrected chi connectivity index (χ0v) is 21.2. The van der Waals surface area contributed by atoms with Gasteiger partial charge in [0.2, 0.25) is 0 Å². The lowest BCUT2D eigenvalue weighted by Gasteiger charge is -2.27. The zero-order chi connectivity index (χ0) is 24.6. The van der Waals surface area contributed by atoms with Crippen molar-refractivity contribution in [3.8, 4) is 6.07 Å². The van der Waals surface area contributed by atoms with Crippen molar-refractivity contribution in [1.29, 1.82) is 5.26 Å². The van der Waals surface area contributed by atoms with Gasteiger partial charge in [0.25, 0.3) is 0 Å². The number of anilines is 1. The number of hydrogen-bond acceptors (Lipinski definition) is 3. The number of hydrogen-bond donors (Lipinski definition) is 1. The van der Waals surface area contributed by atoms with Crippen LogP contribution in [0, 0.1) is 11.3 Å². The zero-order valence-electron chi connectivity index (χ0n) is 18.9. The second-order valence-corrected chi connectivity index (χ2v) is 9.17. The molecule has 5 nitrogen and oxygen atoms in total. The van der Waals surface area contributed by atoms with Crippen LogP contribution in [-0.4, -0.2) is 26.1 Å². The summed E-state index contributed by atoms with van der Waals surface area (Å²) in [5, 5.41) is 14.0. The summed E-state index contributed by atoms with van der Waals surface area (Å²) in [4.78, 5) is 6.44. The van der Waals surface area contributed by atoms with E-state index in [1.165, 1.54) is 0 Å². The highest BCUT2D eigenvalue weighted by molar-refractivity contribution is 7.80. The summed E-state index contributed by atoms with van der Waals surface area (Å²) >= 11 is 18.5. The van der Waals surface area contributed by atoms with E-state index in [9.17, 15) is 0 Å². The van der Waals surface area contributed by atoms with E-state index < -0.39 is 0 Å². The molecule has 1 N–H and O–H groups in total. The van der Waals surface area contributed by atoms with Crippen LogP contribution in [0.5, 0.6) is 0 Å². The molecule has 0 amide bonds. The average Bonchev–Trinajstić information content (AvgIpc) is 3.32. The number of benzene rings is 3. The molecule has 0 unspecified atom stereocenters. The van der Waals surface area contributed by atoms with E-state index in [-0.39, 0.29) is 0 Å². The highest BCUT2D eigenvalue weighted by atomic mass is 35.5. The Morgan fingerprint density at radius 2 is 1.80 bits per heavy atom. The van der Waals surface area contributed by atoms with Gasteiger partial charge in [-0.15, -0.1) is 0 Å². The minimum Gasteiger partial charge on any atom is -0.344 e. The predicted octanol–water partition coefficient (Wildman–Crippen LogP) is 6.55. The minimum atomic E-state index is 0.516. The van der Waals surface area contributed by atoms with E-state index >= 15 is 0 Å². The van der Waals surface area contributed by atoms with Gasteiger partial charge in [-0.3, -0.25) is 0 Å². The van der Waals surface area contributed by atoms with Crippen molar-refractivity contribution >= 4 is 46.2 Å². The van der Waals surface area contributed by atoms with Gasteiger partial charge >= 0.3 is 0 Å². The average molecular weight is 520 g/mol. The SMILES string of the molecule is N#Cc1ccc(Cn2cncc2CCN(Cc2cccc(Cl)c2Cl)C(=S)Nc2ccccc2)cc1. The maximum atomic E-state index is 9.03. The van der Waals surface area contributed by atoms with Crippen LogP contribution in [0.2, 0.25) is 10.0 Å². The first-order valence-corrected chi connectivity index (χ1v) is 12.2. The van der Waals surface area contributed by atoms with Crippen LogP contribution in [0.15, 0.2) is 85.3 Å².